The number of rotatable bonds is 2. The number of aryl methyl sites for hydroxylation is 1. The van der Waals surface area contributed by atoms with Gasteiger partial charge in [0, 0.05) is 24.1 Å². The van der Waals surface area contributed by atoms with Gasteiger partial charge in [0.25, 0.3) is 0 Å². The van der Waals surface area contributed by atoms with Crippen LogP contribution in [-0.4, -0.2) is 52.5 Å². The Morgan fingerprint density at radius 2 is 2.25 bits per heavy atom. The first-order valence-corrected chi connectivity index (χ1v) is 8.17. The Bertz CT molecular complexity index is 518. The maximum absolute atomic E-state index is 12.3. The van der Waals surface area contributed by atoms with Crippen molar-refractivity contribution in [3.63, 3.8) is 0 Å². The van der Waals surface area contributed by atoms with Gasteiger partial charge in [-0.1, -0.05) is 0 Å². The summed E-state index contributed by atoms with van der Waals surface area (Å²) in [6.07, 6.45) is 0. The molecule has 1 fully saturated rings. The lowest BCUT2D eigenvalue weighted by atomic mass is 10.2. The minimum atomic E-state index is -0.478. The van der Waals surface area contributed by atoms with Crippen LogP contribution in [0, 0.1) is 6.92 Å². The smallest absolute Gasteiger partial charge is 0.342 e. The minimum Gasteiger partial charge on any atom is -0.465 e. The van der Waals surface area contributed by atoms with Gasteiger partial charge in [0.15, 0.2) is 0 Å². The van der Waals surface area contributed by atoms with Crippen LogP contribution in [0.1, 0.15) is 23.0 Å². The van der Waals surface area contributed by atoms with Crippen LogP contribution in [0.2, 0.25) is 0 Å². The summed E-state index contributed by atoms with van der Waals surface area (Å²) in [6.45, 7) is 4.45. The van der Waals surface area contributed by atoms with E-state index in [1.807, 2.05) is 18.7 Å². The molecular weight excluding hydrogens is 298 g/mol. The highest BCUT2D eigenvalue weighted by Crippen LogP contribution is 2.26. The molecule has 0 aromatic carbocycles. The van der Waals surface area contributed by atoms with Gasteiger partial charge in [0.1, 0.15) is 10.6 Å². The molecule has 0 spiro atoms. The van der Waals surface area contributed by atoms with Gasteiger partial charge in [0.2, 0.25) is 0 Å². The average molecular weight is 315 g/mol. The van der Waals surface area contributed by atoms with E-state index in [9.17, 15) is 9.59 Å². The molecule has 20 heavy (non-hydrogen) atoms. The number of urea groups is 1. The molecule has 8 heteroatoms. The third-order valence-corrected chi connectivity index (χ3v) is 5.14. The molecule has 0 radical (unpaired) electrons. The summed E-state index contributed by atoms with van der Waals surface area (Å²) in [7, 11) is 1.31. The summed E-state index contributed by atoms with van der Waals surface area (Å²) in [5, 5.41) is 3.23. The molecule has 0 aliphatic carbocycles. The molecule has 6 nitrogen and oxygen atoms in total. The first kappa shape index (κ1) is 15.1. The maximum Gasteiger partial charge on any atom is 0.342 e. The van der Waals surface area contributed by atoms with Crippen LogP contribution in [0.3, 0.4) is 0 Å². The van der Waals surface area contributed by atoms with E-state index < -0.39 is 5.97 Å². The van der Waals surface area contributed by atoms with Gasteiger partial charge < -0.3 is 9.64 Å². The maximum atomic E-state index is 12.3. The third kappa shape index (κ3) is 3.06. The van der Waals surface area contributed by atoms with Crippen LogP contribution in [0.15, 0.2) is 0 Å². The molecule has 2 heterocycles. The van der Waals surface area contributed by atoms with Crippen molar-refractivity contribution in [2.24, 2.45) is 0 Å². The molecule has 1 aromatic rings. The lowest BCUT2D eigenvalue weighted by Crippen LogP contribution is -2.46. The van der Waals surface area contributed by atoms with Crippen LogP contribution in [-0.2, 0) is 4.74 Å². The van der Waals surface area contributed by atoms with E-state index in [4.69, 9.17) is 4.74 Å². The van der Waals surface area contributed by atoms with Gasteiger partial charge >= 0.3 is 12.0 Å². The molecule has 110 valence electrons. The van der Waals surface area contributed by atoms with Gasteiger partial charge in [-0.15, -0.1) is 0 Å². The zero-order valence-electron chi connectivity index (χ0n) is 11.6. The van der Waals surface area contributed by atoms with Crippen LogP contribution >= 0.6 is 23.3 Å². The number of methoxy groups -OCH3 is 1. The number of amides is 2. The molecular formula is C12H17N3O3S2. The molecule has 1 aliphatic heterocycles. The molecule has 0 bridgehead atoms. The third-order valence-electron chi connectivity index (χ3n) is 3.10. The summed E-state index contributed by atoms with van der Waals surface area (Å²) in [5.74, 6) is 1.39. The minimum absolute atomic E-state index is 0.185. The largest absolute Gasteiger partial charge is 0.465 e. The molecule has 1 saturated heterocycles. The van der Waals surface area contributed by atoms with E-state index in [2.05, 4.69) is 9.69 Å². The number of thioether (sulfide) groups is 1. The highest BCUT2D eigenvalue weighted by Gasteiger charge is 2.26. The van der Waals surface area contributed by atoms with Crippen molar-refractivity contribution in [1.29, 1.82) is 0 Å². The van der Waals surface area contributed by atoms with Crippen molar-refractivity contribution in [3.05, 3.63) is 11.3 Å². The van der Waals surface area contributed by atoms with Crippen molar-refractivity contribution in [2.45, 2.75) is 19.9 Å². The van der Waals surface area contributed by atoms with Gasteiger partial charge in [-0.2, -0.15) is 16.1 Å². The van der Waals surface area contributed by atoms with Gasteiger partial charge in [0.05, 0.1) is 12.8 Å². The molecule has 1 aromatic heterocycles. The first-order valence-electron chi connectivity index (χ1n) is 6.24. The normalized spacial score (nSPS) is 18.8. The van der Waals surface area contributed by atoms with Gasteiger partial charge in [-0.05, 0) is 25.4 Å². The van der Waals surface area contributed by atoms with Crippen molar-refractivity contribution >= 4 is 40.3 Å². The number of hydrogen-bond donors (Lipinski definition) is 1. The highest BCUT2D eigenvalue weighted by atomic mass is 32.2. The Labute approximate surface area is 126 Å². The fourth-order valence-corrected chi connectivity index (χ4v) is 3.78. The van der Waals surface area contributed by atoms with Crippen molar-refractivity contribution in [3.8, 4) is 0 Å². The monoisotopic (exact) mass is 315 g/mol. The van der Waals surface area contributed by atoms with Crippen molar-refractivity contribution < 1.29 is 14.3 Å². The molecule has 1 N–H and O–H groups in total. The summed E-state index contributed by atoms with van der Waals surface area (Å²) < 4.78 is 8.83. The predicted octanol–water partition coefficient (Wildman–Crippen LogP) is 2.21. The van der Waals surface area contributed by atoms with Crippen molar-refractivity contribution in [2.75, 3.05) is 30.5 Å². The topological polar surface area (TPSA) is 71.5 Å². The second kappa shape index (κ2) is 6.45. The van der Waals surface area contributed by atoms with E-state index in [0.717, 1.165) is 23.0 Å². The molecule has 0 saturated carbocycles. The second-order valence-electron chi connectivity index (χ2n) is 4.51. The summed E-state index contributed by atoms with van der Waals surface area (Å²) in [4.78, 5) is 25.8. The number of carbonyl (C=O) groups is 2. The number of carbonyl (C=O) groups excluding carboxylic acids is 2. The fraction of sp³-hybridized carbons (Fsp3) is 0.583. The number of esters is 1. The quantitative estimate of drug-likeness (QED) is 0.847. The van der Waals surface area contributed by atoms with E-state index in [1.54, 1.807) is 11.8 Å². The zero-order chi connectivity index (χ0) is 14.7. The summed E-state index contributed by atoms with van der Waals surface area (Å²) >= 11 is 2.94. The summed E-state index contributed by atoms with van der Waals surface area (Å²) in [5.41, 5.74) is 0.907. The van der Waals surface area contributed by atoms with E-state index in [-0.39, 0.29) is 12.1 Å². The number of nitrogens with zero attached hydrogens (tertiary/aromatic N) is 2. The van der Waals surface area contributed by atoms with Gasteiger partial charge in [-0.3, -0.25) is 5.32 Å². The summed E-state index contributed by atoms with van der Waals surface area (Å²) in [6, 6.07) is -0.00375. The van der Waals surface area contributed by atoms with Crippen molar-refractivity contribution in [1.82, 2.24) is 9.27 Å². The molecule has 2 amide bonds. The first-order chi connectivity index (χ1) is 9.54. The van der Waals surface area contributed by atoms with Gasteiger partial charge in [-0.25, -0.2) is 9.59 Å². The Balaban J connectivity index is 2.13. The number of hydrogen-bond acceptors (Lipinski definition) is 6. The second-order valence-corrected chi connectivity index (χ2v) is 6.43. The SMILES string of the molecule is COC(=O)c1c(C)nsc1NC(=O)N1CCSCC1C. The number of nitrogens with one attached hydrogen (secondary N) is 1. The van der Waals surface area contributed by atoms with E-state index in [1.165, 1.54) is 7.11 Å². The van der Waals surface area contributed by atoms with Crippen LogP contribution < -0.4 is 5.32 Å². The predicted molar refractivity (Wildman–Crippen MR) is 80.7 cm³/mol. The molecule has 1 atom stereocenters. The lowest BCUT2D eigenvalue weighted by molar-refractivity contribution is 0.0601. The van der Waals surface area contributed by atoms with Crippen LogP contribution in [0.4, 0.5) is 9.80 Å². The Morgan fingerprint density at radius 1 is 1.50 bits per heavy atom. The molecule has 1 aliphatic rings. The number of anilines is 1. The number of aromatic nitrogens is 1. The molecule has 2 rings (SSSR count). The zero-order valence-corrected chi connectivity index (χ0v) is 13.3. The molecule has 1 unspecified atom stereocenters. The Hall–Kier alpha value is -1.28. The van der Waals surface area contributed by atoms with Crippen LogP contribution in [0.5, 0.6) is 0 Å². The lowest BCUT2D eigenvalue weighted by Gasteiger charge is -2.32. The highest BCUT2D eigenvalue weighted by molar-refractivity contribution is 7.99. The standard InChI is InChI=1S/C12H17N3O3S2/c1-7-6-19-5-4-15(7)12(17)13-10-9(11(16)18-3)8(2)14-20-10/h7H,4-6H2,1-3H3,(H,13,17). The van der Waals surface area contributed by atoms with E-state index in [0.29, 0.717) is 22.8 Å². The number of ether oxygens (including phenoxy) is 1. The Morgan fingerprint density at radius 3 is 2.90 bits per heavy atom. The van der Waals surface area contributed by atoms with E-state index >= 15 is 0 Å². The average Bonchev–Trinajstić information content (AvgIpc) is 2.79. The fourth-order valence-electron chi connectivity index (χ4n) is 2.00. The Kier molecular flexibility index (Phi) is 4.87. The van der Waals surface area contributed by atoms with Crippen LogP contribution in [0.25, 0.3) is 0 Å².